The first kappa shape index (κ1) is 9.67. The quantitative estimate of drug-likeness (QED) is 0.758. The van der Waals surface area contributed by atoms with Gasteiger partial charge in [0.25, 0.3) is 0 Å². The van der Waals surface area contributed by atoms with Crippen LogP contribution in [0.15, 0.2) is 30.6 Å². The number of fused-ring (bicyclic) bond motifs is 1. The number of nitrogens with zero attached hydrogens (tertiary/aromatic N) is 2. The van der Waals surface area contributed by atoms with E-state index in [4.69, 9.17) is 10.8 Å². The van der Waals surface area contributed by atoms with Gasteiger partial charge in [0.15, 0.2) is 5.66 Å². The third kappa shape index (κ3) is 1.37. The second-order valence-corrected chi connectivity index (χ2v) is 3.56. The summed E-state index contributed by atoms with van der Waals surface area (Å²) in [5.74, 6) is -1.09. The summed E-state index contributed by atoms with van der Waals surface area (Å²) in [4.78, 5) is 15.1. The van der Waals surface area contributed by atoms with Gasteiger partial charge in [-0.2, -0.15) is 0 Å². The standard InChI is InChI=1S/C10H11N3O2/c1-10(11,9(14)15)13-6-12-7-4-2-3-5-8(7)13/h2-6H,11H2,1H3,(H,14,15)/t10-/m1/s1. The van der Waals surface area contributed by atoms with E-state index >= 15 is 0 Å². The number of imidazole rings is 1. The van der Waals surface area contributed by atoms with Crippen molar-refractivity contribution < 1.29 is 9.90 Å². The topological polar surface area (TPSA) is 81.1 Å². The Bertz CT molecular complexity index is 516. The third-order valence-corrected chi connectivity index (χ3v) is 2.39. The summed E-state index contributed by atoms with van der Waals surface area (Å²) >= 11 is 0. The molecule has 1 aromatic heterocycles. The Labute approximate surface area is 86.1 Å². The molecule has 0 aliphatic heterocycles. The van der Waals surface area contributed by atoms with Crippen molar-refractivity contribution in [3.05, 3.63) is 30.6 Å². The predicted molar refractivity (Wildman–Crippen MR) is 55.2 cm³/mol. The lowest BCUT2D eigenvalue weighted by Crippen LogP contribution is -2.47. The number of carbonyl (C=O) groups is 1. The number of hydrogen-bond donors (Lipinski definition) is 2. The van der Waals surface area contributed by atoms with Crippen LogP contribution in [-0.4, -0.2) is 20.6 Å². The van der Waals surface area contributed by atoms with Gasteiger partial charge >= 0.3 is 5.97 Å². The van der Waals surface area contributed by atoms with E-state index < -0.39 is 11.6 Å². The number of aliphatic carboxylic acids is 1. The fourth-order valence-corrected chi connectivity index (χ4v) is 1.43. The summed E-state index contributed by atoms with van der Waals surface area (Å²) in [6.45, 7) is 1.43. The molecule has 0 unspecified atom stereocenters. The molecular weight excluding hydrogens is 194 g/mol. The highest BCUT2D eigenvalue weighted by molar-refractivity contribution is 5.81. The molecule has 0 radical (unpaired) electrons. The molecule has 15 heavy (non-hydrogen) atoms. The zero-order valence-electron chi connectivity index (χ0n) is 8.21. The maximum Gasteiger partial charge on any atom is 0.344 e. The van der Waals surface area contributed by atoms with Gasteiger partial charge in [0, 0.05) is 0 Å². The molecule has 5 nitrogen and oxygen atoms in total. The van der Waals surface area contributed by atoms with E-state index in [0.29, 0.717) is 5.52 Å². The molecule has 1 heterocycles. The molecule has 0 fully saturated rings. The second kappa shape index (κ2) is 3.06. The summed E-state index contributed by atoms with van der Waals surface area (Å²) in [7, 11) is 0. The minimum Gasteiger partial charge on any atom is -0.478 e. The summed E-state index contributed by atoms with van der Waals surface area (Å²) in [6.07, 6.45) is 1.44. The third-order valence-electron chi connectivity index (χ3n) is 2.39. The largest absolute Gasteiger partial charge is 0.478 e. The average molecular weight is 205 g/mol. The molecule has 1 aromatic carbocycles. The van der Waals surface area contributed by atoms with Crippen molar-refractivity contribution in [3.63, 3.8) is 0 Å². The molecule has 5 heteroatoms. The Morgan fingerprint density at radius 1 is 1.53 bits per heavy atom. The minimum atomic E-state index is -1.48. The Balaban J connectivity index is 2.67. The highest BCUT2D eigenvalue weighted by Gasteiger charge is 2.31. The van der Waals surface area contributed by atoms with Crippen LogP contribution in [0.25, 0.3) is 11.0 Å². The molecule has 0 saturated heterocycles. The lowest BCUT2D eigenvalue weighted by Gasteiger charge is -2.21. The van der Waals surface area contributed by atoms with Crippen molar-refractivity contribution in [3.8, 4) is 0 Å². The fourth-order valence-electron chi connectivity index (χ4n) is 1.43. The van der Waals surface area contributed by atoms with Gasteiger partial charge in [-0.15, -0.1) is 0 Å². The van der Waals surface area contributed by atoms with E-state index in [2.05, 4.69) is 4.98 Å². The van der Waals surface area contributed by atoms with Gasteiger partial charge < -0.3 is 9.67 Å². The molecule has 0 bridgehead atoms. The van der Waals surface area contributed by atoms with Gasteiger partial charge in [0.05, 0.1) is 17.4 Å². The zero-order valence-corrected chi connectivity index (χ0v) is 8.21. The lowest BCUT2D eigenvalue weighted by atomic mass is 10.2. The molecule has 0 amide bonds. The first-order chi connectivity index (χ1) is 7.03. The summed E-state index contributed by atoms with van der Waals surface area (Å²) in [5.41, 5.74) is 5.68. The van der Waals surface area contributed by atoms with Crippen molar-refractivity contribution >= 4 is 17.0 Å². The maximum atomic E-state index is 11.0. The molecule has 1 atom stereocenters. The van der Waals surface area contributed by atoms with Crippen molar-refractivity contribution in [2.75, 3.05) is 0 Å². The SMILES string of the molecule is C[C@](N)(C(=O)O)n1cnc2ccccc21. The highest BCUT2D eigenvalue weighted by atomic mass is 16.4. The number of carboxylic acid groups (broad SMARTS) is 1. The van der Waals surface area contributed by atoms with Crippen molar-refractivity contribution in [2.24, 2.45) is 5.73 Å². The van der Waals surface area contributed by atoms with E-state index in [1.54, 1.807) is 6.07 Å². The molecule has 0 aliphatic rings. The normalized spacial score (nSPS) is 15.1. The molecule has 0 saturated carbocycles. The van der Waals surface area contributed by atoms with Crippen LogP contribution in [-0.2, 0) is 10.5 Å². The van der Waals surface area contributed by atoms with E-state index in [0.717, 1.165) is 5.52 Å². The van der Waals surface area contributed by atoms with E-state index in [-0.39, 0.29) is 0 Å². The Hall–Kier alpha value is -1.88. The molecule has 0 aliphatic carbocycles. The minimum absolute atomic E-state index is 0.713. The fraction of sp³-hybridized carbons (Fsp3) is 0.200. The molecule has 2 rings (SSSR count). The molecule has 3 N–H and O–H groups in total. The van der Waals surface area contributed by atoms with Crippen molar-refractivity contribution in [2.45, 2.75) is 12.6 Å². The van der Waals surface area contributed by atoms with E-state index in [9.17, 15) is 4.79 Å². The van der Waals surface area contributed by atoms with Gasteiger partial charge in [-0.05, 0) is 19.1 Å². The predicted octanol–water partition coefficient (Wildman–Crippen LogP) is 0.752. The van der Waals surface area contributed by atoms with Crippen LogP contribution in [0.1, 0.15) is 6.92 Å². The summed E-state index contributed by atoms with van der Waals surface area (Å²) in [5, 5.41) is 9.00. The first-order valence-corrected chi connectivity index (χ1v) is 4.48. The number of nitrogens with two attached hydrogens (primary N) is 1. The number of para-hydroxylation sites is 2. The van der Waals surface area contributed by atoms with Gasteiger partial charge in [-0.25, -0.2) is 9.78 Å². The molecule has 0 spiro atoms. The Morgan fingerprint density at radius 2 is 2.20 bits per heavy atom. The molecule has 78 valence electrons. The second-order valence-electron chi connectivity index (χ2n) is 3.56. The Kier molecular flexibility index (Phi) is 1.97. The van der Waals surface area contributed by atoms with Crippen molar-refractivity contribution in [1.29, 1.82) is 0 Å². The summed E-state index contributed by atoms with van der Waals surface area (Å²) < 4.78 is 1.45. The van der Waals surface area contributed by atoms with Gasteiger partial charge in [-0.3, -0.25) is 5.73 Å². The van der Waals surface area contributed by atoms with Crippen LogP contribution in [0.3, 0.4) is 0 Å². The lowest BCUT2D eigenvalue weighted by molar-refractivity contribution is -0.146. The number of hydrogen-bond acceptors (Lipinski definition) is 3. The number of aromatic nitrogens is 2. The van der Waals surface area contributed by atoms with Crippen LogP contribution in [0.5, 0.6) is 0 Å². The molecule has 2 aromatic rings. The average Bonchev–Trinajstić information content (AvgIpc) is 2.61. The van der Waals surface area contributed by atoms with Crippen LogP contribution in [0, 0.1) is 0 Å². The van der Waals surface area contributed by atoms with Gasteiger partial charge in [-0.1, -0.05) is 12.1 Å². The number of carboxylic acids is 1. The highest BCUT2D eigenvalue weighted by Crippen LogP contribution is 2.18. The number of benzene rings is 1. The van der Waals surface area contributed by atoms with Crippen LogP contribution in [0.2, 0.25) is 0 Å². The smallest absolute Gasteiger partial charge is 0.344 e. The first-order valence-electron chi connectivity index (χ1n) is 4.48. The van der Waals surface area contributed by atoms with Gasteiger partial charge in [0.1, 0.15) is 0 Å². The zero-order chi connectivity index (χ0) is 11.1. The maximum absolute atomic E-state index is 11.0. The van der Waals surface area contributed by atoms with Crippen LogP contribution < -0.4 is 5.73 Å². The van der Waals surface area contributed by atoms with Crippen LogP contribution >= 0.6 is 0 Å². The monoisotopic (exact) mass is 205 g/mol. The molecular formula is C10H11N3O2. The summed E-state index contributed by atoms with van der Waals surface area (Å²) in [6, 6.07) is 7.26. The van der Waals surface area contributed by atoms with Gasteiger partial charge in [0.2, 0.25) is 0 Å². The van der Waals surface area contributed by atoms with E-state index in [1.807, 2.05) is 18.2 Å². The van der Waals surface area contributed by atoms with E-state index in [1.165, 1.54) is 17.8 Å². The van der Waals surface area contributed by atoms with Crippen molar-refractivity contribution in [1.82, 2.24) is 9.55 Å². The Morgan fingerprint density at radius 3 is 2.87 bits per heavy atom. The number of rotatable bonds is 2. The van der Waals surface area contributed by atoms with Crippen LogP contribution in [0.4, 0.5) is 0 Å².